The standard InChI is InChI=1S/C12H24N2O5/c1-3-5-14(6-4-2)12-9(17)7(15)8(16)10(19-12)11(13)18/h7-10,12,15-17H,3-6H2,1-2H3,(H2,13,18)/t7-,8-,9+,10-,12?/m0/s1. The van der Waals surface area contributed by atoms with Crippen molar-refractivity contribution in [1.82, 2.24) is 4.90 Å². The van der Waals surface area contributed by atoms with Crippen molar-refractivity contribution >= 4 is 5.91 Å². The minimum absolute atomic E-state index is 0.657. The molecule has 1 amide bonds. The number of hydrogen-bond donors (Lipinski definition) is 4. The summed E-state index contributed by atoms with van der Waals surface area (Å²) in [6, 6.07) is 0. The van der Waals surface area contributed by atoms with Crippen LogP contribution >= 0.6 is 0 Å². The van der Waals surface area contributed by atoms with Gasteiger partial charge in [0.25, 0.3) is 0 Å². The molecule has 19 heavy (non-hydrogen) atoms. The van der Waals surface area contributed by atoms with Gasteiger partial charge in [-0.2, -0.15) is 0 Å². The Labute approximate surface area is 113 Å². The molecule has 0 aromatic heterocycles. The molecule has 1 unspecified atom stereocenters. The van der Waals surface area contributed by atoms with Crippen LogP contribution in [0, 0.1) is 0 Å². The number of nitrogens with two attached hydrogens (primary N) is 1. The number of ether oxygens (including phenoxy) is 1. The molecule has 0 aromatic rings. The summed E-state index contributed by atoms with van der Waals surface area (Å²) in [4.78, 5) is 13.1. The first-order chi connectivity index (χ1) is 8.93. The predicted molar refractivity (Wildman–Crippen MR) is 68.0 cm³/mol. The molecule has 1 aliphatic heterocycles. The van der Waals surface area contributed by atoms with Gasteiger partial charge in [0.05, 0.1) is 0 Å². The molecule has 1 heterocycles. The highest BCUT2D eigenvalue weighted by molar-refractivity contribution is 5.79. The largest absolute Gasteiger partial charge is 0.387 e. The number of carbonyl (C=O) groups is 1. The lowest BCUT2D eigenvalue weighted by atomic mass is 9.97. The summed E-state index contributed by atoms with van der Waals surface area (Å²) in [5.41, 5.74) is 5.14. The van der Waals surface area contributed by atoms with Crippen molar-refractivity contribution in [3.63, 3.8) is 0 Å². The van der Waals surface area contributed by atoms with Crippen molar-refractivity contribution < 1.29 is 24.9 Å². The molecule has 1 aliphatic rings. The fourth-order valence-corrected chi connectivity index (χ4v) is 2.34. The Kier molecular flexibility index (Phi) is 6.15. The van der Waals surface area contributed by atoms with Crippen LogP contribution in [0.4, 0.5) is 0 Å². The highest BCUT2D eigenvalue weighted by atomic mass is 16.6. The quantitative estimate of drug-likeness (QED) is 0.464. The molecule has 0 radical (unpaired) electrons. The molecule has 112 valence electrons. The van der Waals surface area contributed by atoms with Crippen LogP contribution in [-0.4, -0.2) is 69.9 Å². The Morgan fingerprint density at radius 3 is 2.05 bits per heavy atom. The van der Waals surface area contributed by atoms with E-state index in [4.69, 9.17) is 10.5 Å². The molecular weight excluding hydrogens is 252 g/mol. The van der Waals surface area contributed by atoms with Gasteiger partial charge in [0.2, 0.25) is 5.91 Å². The Hall–Kier alpha value is -0.730. The summed E-state index contributed by atoms with van der Waals surface area (Å²) < 4.78 is 5.40. The number of aliphatic hydroxyl groups is 3. The van der Waals surface area contributed by atoms with Crippen LogP contribution in [0.2, 0.25) is 0 Å². The fourth-order valence-electron chi connectivity index (χ4n) is 2.34. The van der Waals surface area contributed by atoms with E-state index in [0.717, 1.165) is 12.8 Å². The van der Waals surface area contributed by atoms with Gasteiger partial charge >= 0.3 is 0 Å². The summed E-state index contributed by atoms with van der Waals surface area (Å²) in [6.07, 6.45) is -4.70. The van der Waals surface area contributed by atoms with Crippen molar-refractivity contribution in [2.75, 3.05) is 13.1 Å². The van der Waals surface area contributed by atoms with E-state index in [1.54, 1.807) is 0 Å². The number of nitrogens with zero attached hydrogens (tertiary/aromatic N) is 1. The zero-order chi connectivity index (χ0) is 14.6. The van der Waals surface area contributed by atoms with Crippen LogP contribution in [0.1, 0.15) is 26.7 Å². The molecule has 5 atom stereocenters. The van der Waals surface area contributed by atoms with Crippen molar-refractivity contribution in [2.24, 2.45) is 5.73 Å². The van der Waals surface area contributed by atoms with E-state index in [1.807, 2.05) is 18.7 Å². The lowest BCUT2D eigenvalue weighted by Crippen LogP contribution is -2.65. The number of hydrogen-bond acceptors (Lipinski definition) is 6. The van der Waals surface area contributed by atoms with Crippen LogP contribution in [0.3, 0.4) is 0 Å². The zero-order valence-corrected chi connectivity index (χ0v) is 11.4. The Balaban J connectivity index is 2.87. The van der Waals surface area contributed by atoms with Crippen LogP contribution in [0.25, 0.3) is 0 Å². The number of primary amides is 1. The number of amides is 1. The molecule has 1 saturated heterocycles. The first kappa shape index (κ1) is 16.3. The molecule has 7 nitrogen and oxygen atoms in total. The Morgan fingerprint density at radius 1 is 1.11 bits per heavy atom. The van der Waals surface area contributed by atoms with Gasteiger partial charge in [-0.3, -0.25) is 9.69 Å². The van der Waals surface area contributed by atoms with E-state index in [-0.39, 0.29) is 0 Å². The van der Waals surface area contributed by atoms with Crippen molar-refractivity contribution in [3.8, 4) is 0 Å². The highest BCUT2D eigenvalue weighted by Crippen LogP contribution is 2.24. The monoisotopic (exact) mass is 276 g/mol. The number of carbonyl (C=O) groups excluding carboxylic acids is 1. The van der Waals surface area contributed by atoms with Crippen LogP contribution in [0.15, 0.2) is 0 Å². The molecule has 7 heteroatoms. The number of aliphatic hydroxyl groups excluding tert-OH is 3. The van der Waals surface area contributed by atoms with Gasteiger partial charge in [-0.1, -0.05) is 13.8 Å². The molecule has 1 rings (SSSR count). The predicted octanol–water partition coefficient (Wildman–Crippen LogP) is -1.60. The lowest BCUT2D eigenvalue weighted by Gasteiger charge is -2.44. The first-order valence-corrected chi connectivity index (χ1v) is 6.67. The van der Waals surface area contributed by atoms with E-state index in [9.17, 15) is 20.1 Å². The van der Waals surface area contributed by atoms with E-state index in [2.05, 4.69) is 0 Å². The summed E-state index contributed by atoms with van der Waals surface area (Å²) in [6.45, 7) is 5.27. The molecular formula is C12H24N2O5. The third kappa shape index (κ3) is 3.64. The Morgan fingerprint density at radius 2 is 1.63 bits per heavy atom. The second-order valence-corrected chi connectivity index (χ2v) is 4.86. The van der Waals surface area contributed by atoms with Crippen molar-refractivity contribution in [2.45, 2.75) is 57.3 Å². The van der Waals surface area contributed by atoms with Crippen LogP contribution < -0.4 is 5.73 Å². The summed E-state index contributed by atoms with van der Waals surface area (Å²) in [7, 11) is 0. The molecule has 0 saturated carbocycles. The minimum atomic E-state index is -1.51. The third-order valence-corrected chi connectivity index (χ3v) is 3.25. The van der Waals surface area contributed by atoms with Crippen molar-refractivity contribution in [1.29, 1.82) is 0 Å². The van der Waals surface area contributed by atoms with Gasteiger partial charge in [0.15, 0.2) is 6.10 Å². The molecule has 0 bridgehead atoms. The van der Waals surface area contributed by atoms with Crippen LogP contribution in [0.5, 0.6) is 0 Å². The maximum absolute atomic E-state index is 11.2. The van der Waals surface area contributed by atoms with E-state index in [1.165, 1.54) is 0 Å². The number of rotatable bonds is 6. The summed E-state index contributed by atoms with van der Waals surface area (Å²) >= 11 is 0. The summed E-state index contributed by atoms with van der Waals surface area (Å²) in [5.74, 6) is -0.851. The molecule has 5 N–H and O–H groups in total. The topological polar surface area (TPSA) is 116 Å². The third-order valence-electron chi connectivity index (χ3n) is 3.25. The molecule has 0 spiro atoms. The van der Waals surface area contributed by atoms with E-state index < -0.39 is 36.6 Å². The highest BCUT2D eigenvalue weighted by Gasteiger charge is 2.47. The Bertz CT molecular complexity index is 296. The normalized spacial score (nSPS) is 35.6. The first-order valence-electron chi connectivity index (χ1n) is 6.67. The van der Waals surface area contributed by atoms with Crippen molar-refractivity contribution in [3.05, 3.63) is 0 Å². The van der Waals surface area contributed by atoms with Gasteiger partial charge < -0.3 is 25.8 Å². The van der Waals surface area contributed by atoms with E-state index in [0.29, 0.717) is 13.1 Å². The van der Waals surface area contributed by atoms with Gasteiger partial charge in [-0.15, -0.1) is 0 Å². The second kappa shape index (κ2) is 7.16. The minimum Gasteiger partial charge on any atom is -0.387 e. The SMILES string of the molecule is CCCN(CCC)C1O[C@H](C(N)=O)[C@@H](O)[C@H](O)[C@H]1O. The maximum atomic E-state index is 11.2. The molecule has 0 aromatic carbocycles. The zero-order valence-electron chi connectivity index (χ0n) is 11.4. The lowest BCUT2D eigenvalue weighted by molar-refractivity contribution is -0.254. The average molecular weight is 276 g/mol. The van der Waals surface area contributed by atoms with Gasteiger partial charge in [-0.25, -0.2) is 0 Å². The van der Waals surface area contributed by atoms with E-state index >= 15 is 0 Å². The van der Waals surface area contributed by atoms with Gasteiger partial charge in [0, 0.05) is 13.1 Å². The molecule has 1 fully saturated rings. The second-order valence-electron chi connectivity index (χ2n) is 4.86. The molecule has 0 aliphatic carbocycles. The fraction of sp³-hybridized carbons (Fsp3) is 0.917. The average Bonchev–Trinajstić information content (AvgIpc) is 2.36. The van der Waals surface area contributed by atoms with Crippen LogP contribution in [-0.2, 0) is 9.53 Å². The summed E-state index contributed by atoms with van der Waals surface area (Å²) in [5, 5.41) is 29.5. The van der Waals surface area contributed by atoms with Gasteiger partial charge in [-0.05, 0) is 12.8 Å². The smallest absolute Gasteiger partial charge is 0.249 e. The van der Waals surface area contributed by atoms with Gasteiger partial charge in [0.1, 0.15) is 24.5 Å². The maximum Gasteiger partial charge on any atom is 0.249 e.